The summed E-state index contributed by atoms with van der Waals surface area (Å²) in [5.74, 6) is 0.721. The Labute approximate surface area is 114 Å². The SMILES string of the molecule is CCN(C)C(=O)COc1ccc2c(c1)C(N)CCC2. The minimum absolute atomic E-state index is 0.00970. The van der Waals surface area contributed by atoms with E-state index in [4.69, 9.17) is 10.5 Å². The van der Waals surface area contributed by atoms with Crippen molar-refractivity contribution in [2.24, 2.45) is 5.73 Å². The maximum Gasteiger partial charge on any atom is 0.260 e. The van der Waals surface area contributed by atoms with Gasteiger partial charge in [0.25, 0.3) is 5.91 Å². The third-order valence-electron chi connectivity index (χ3n) is 3.74. The van der Waals surface area contributed by atoms with Crippen LogP contribution in [0.2, 0.25) is 0 Å². The first-order valence-corrected chi connectivity index (χ1v) is 6.87. The van der Waals surface area contributed by atoms with Crippen LogP contribution >= 0.6 is 0 Å². The predicted octanol–water partition coefficient (Wildman–Crippen LogP) is 1.88. The van der Waals surface area contributed by atoms with E-state index in [2.05, 4.69) is 6.07 Å². The van der Waals surface area contributed by atoms with E-state index in [1.165, 1.54) is 11.1 Å². The molecule has 1 aliphatic carbocycles. The van der Waals surface area contributed by atoms with Crippen LogP contribution in [0.1, 0.15) is 36.9 Å². The molecule has 0 fully saturated rings. The van der Waals surface area contributed by atoms with Crippen molar-refractivity contribution in [1.82, 2.24) is 4.90 Å². The van der Waals surface area contributed by atoms with Crippen LogP contribution in [0.5, 0.6) is 5.75 Å². The highest BCUT2D eigenvalue weighted by atomic mass is 16.5. The second-order valence-electron chi connectivity index (χ2n) is 5.06. The molecule has 19 heavy (non-hydrogen) atoms. The summed E-state index contributed by atoms with van der Waals surface area (Å²) in [6, 6.07) is 6.08. The highest BCUT2D eigenvalue weighted by Crippen LogP contribution is 2.30. The molecule has 1 atom stereocenters. The van der Waals surface area contributed by atoms with Crippen LogP contribution < -0.4 is 10.5 Å². The summed E-state index contributed by atoms with van der Waals surface area (Å²) in [5, 5.41) is 0. The van der Waals surface area contributed by atoms with Gasteiger partial charge in [0.2, 0.25) is 0 Å². The van der Waals surface area contributed by atoms with Crippen molar-refractivity contribution in [2.45, 2.75) is 32.2 Å². The highest BCUT2D eigenvalue weighted by molar-refractivity contribution is 5.77. The zero-order valence-electron chi connectivity index (χ0n) is 11.7. The number of ether oxygens (including phenoxy) is 1. The quantitative estimate of drug-likeness (QED) is 0.901. The monoisotopic (exact) mass is 262 g/mol. The van der Waals surface area contributed by atoms with Gasteiger partial charge in [-0.05, 0) is 49.4 Å². The molecule has 2 N–H and O–H groups in total. The first-order valence-electron chi connectivity index (χ1n) is 6.87. The number of hydrogen-bond donors (Lipinski definition) is 1. The summed E-state index contributed by atoms with van der Waals surface area (Å²) in [6.45, 7) is 2.71. The first kappa shape index (κ1) is 13.9. The smallest absolute Gasteiger partial charge is 0.260 e. The molecule has 1 amide bonds. The lowest BCUT2D eigenvalue weighted by atomic mass is 9.88. The molecule has 0 radical (unpaired) electrons. The summed E-state index contributed by atoms with van der Waals surface area (Å²) >= 11 is 0. The van der Waals surface area contributed by atoms with E-state index in [1.807, 2.05) is 19.1 Å². The molecule has 4 heteroatoms. The van der Waals surface area contributed by atoms with Gasteiger partial charge in [0.05, 0.1) is 0 Å². The Morgan fingerprint density at radius 3 is 3.05 bits per heavy atom. The molecule has 1 aromatic rings. The number of carbonyl (C=O) groups is 1. The normalized spacial score (nSPS) is 17.7. The van der Waals surface area contributed by atoms with E-state index >= 15 is 0 Å². The van der Waals surface area contributed by atoms with Gasteiger partial charge in [0, 0.05) is 19.6 Å². The average Bonchev–Trinajstić information content (AvgIpc) is 2.44. The number of amides is 1. The molecule has 1 aromatic carbocycles. The average molecular weight is 262 g/mol. The lowest BCUT2D eigenvalue weighted by molar-refractivity contribution is -0.131. The van der Waals surface area contributed by atoms with Crippen LogP contribution in [0.3, 0.4) is 0 Å². The Morgan fingerprint density at radius 1 is 1.53 bits per heavy atom. The van der Waals surface area contributed by atoms with Crippen molar-refractivity contribution in [2.75, 3.05) is 20.2 Å². The molecule has 4 nitrogen and oxygen atoms in total. The van der Waals surface area contributed by atoms with Crippen molar-refractivity contribution >= 4 is 5.91 Å². The molecule has 2 rings (SSSR count). The summed E-state index contributed by atoms with van der Waals surface area (Å²) in [7, 11) is 1.77. The van der Waals surface area contributed by atoms with Crippen LogP contribution in [-0.4, -0.2) is 31.0 Å². The van der Waals surface area contributed by atoms with E-state index in [-0.39, 0.29) is 18.6 Å². The fourth-order valence-electron chi connectivity index (χ4n) is 2.34. The summed E-state index contributed by atoms with van der Waals surface area (Å²) in [5.41, 5.74) is 8.59. The van der Waals surface area contributed by atoms with Gasteiger partial charge in [0.15, 0.2) is 6.61 Å². The second kappa shape index (κ2) is 6.06. The summed E-state index contributed by atoms with van der Waals surface area (Å²) < 4.78 is 5.56. The lowest BCUT2D eigenvalue weighted by Crippen LogP contribution is -2.31. The molecule has 0 spiro atoms. The fourth-order valence-corrected chi connectivity index (χ4v) is 2.34. The number of carbonyl (C=O) groups excluding carboxylic acids is 1. The topological polar surface area (TPSA) is 55.6 Å². The first-order chi connectivity index (χ1) is 9.11. The summed E-state index contributed by atoms with van der Waals surface area (Å²) in [4.78, 5) is 13.3. The Balaban J connectivity index is 2.02. The molecular formula is C15H22N2O2. The molecule has 0 heterocycles. The second-order valence-corrected chi connectivity index (χ2v) is 5.06. The van der Waals surface area contributed by atoms with Crippen LogP contribution in [0, 0.1) is 0 Å². The largest absolute Gasteiger partial charge is 0.484 e. The van der Waals surface area contributed by atoms with Gasteiger partial charge in [0.1, 0.15) is 5.75 Å². The molecule has 0 aliphatic heterocycles. The Hall–Kier alpha value is -1.55. The van der Waals surface area contributed by atoms with E-state index in [9.17, 15) is 4.79 Å². The fraction of sp³-hybridized carbons (Fsp3) is 0.533. The molecule has 1 unspecified atom stereocenters. The van der Waals surface area contributed by atoms with Crippen molar-refractivity contribution in [3.05, 3.63) is 29.3 Å². The van der Waals surface area contributed by atoms with Gasteiger partial charge in [-0.25, -0.2) is 0 Å². The maximum absolute atomic E-state index is 11.7. The number of aryl methyl sites for hydroxylation is 1. The van der Waals surface area contributed by atoms with E-state index in [0.717, 1.165) is 25.0 Å². The Bertz CT molecular complexity index is 459. The highest BCUT2D eigenvalue weighted by Gasteiger charge is 2.17. The number of nitrogens with zero attached hydrogens (tertiary/aromatic N) is 1. The molecule has 0 aromatic heterocycles. The number of fused-ring (bicyclic) bond motifs is 1. The Kier molecular flexibility index (Phi) is 4.43. The van der Waals surface area contributed by atoms with E-state index in [1.54, 1.807) is 11.9 Å². The van der Waals surface area contributed by atoms with Crippen LogP contribution in [0.4, 0.5) is 0 Å². The molecule has 1 aliphatic rings. The van der Waals surface area contributed by atoms with Crippen molar-refractivity contribution < 1.29 is 9.53 Å². The van der Waals surface area contributed by atoms with Crippen molar-refractivity contribution in [3.63, 3.8) is 0 Å². The molecule has 0 saturated carbocycles. The van der Waals surface area contributed by atoms with Gasteiger partial charge in [-0.1, -0.05) is 6.07 Å². The third kappa shape index (κ3) is 3.26. The summed E-state index contributed by atoms with van der Waals surface area (Å²) in [6.07, 6.45) is 3.25. The van der Waals surface area contributed by atoms with Crippen molar-refractivity contribution in [1.29, 1.82) is 0 Å². The molecule has 0 bridgehead atoms. The minimum Gasteiger partial charge on any atom is -0.484 e. The minimum atomic E-state index is -0.00970. The molecule has 104 valence electrons. The van der Waals surface area contributed by atoms with Gasteiger partial charge < -0.3 is 15.4 Å². The van der Waals surface area contributed by atoms with Crippen LogP contribution in [-0.2, 0) is 11.2 Å². The van der Waals surface area contributed by atoms with Crippen LogP contribution in [0.15, 0.2) is 18.2 Å². The zero-order chi connectivity index (χ0) is 13.8. The number of hydrogen-bond acceptors (Lipinski definition) is 3. The zero-order valence-corrected chi connectivity index (χ0v) is 11.7. The van der Waals surface area contributed by atoms with E-state index in [0.29, 0.717) is 6.54 Å². The van der Waals surface area contributed by atoms with E-state index < -0.39 is 0 Å². The third-order valence-corrected chi connectivity index (χ3v) is 3.74. The number of benzene rings is 1. The number of likely N-dealkylation sites (N-methyl/N-ethyl adjacent to an activating group) is 1. The number of rotatable bonds is 4. The molecular weight excluding hydrogens is 240 g/mol. The predicted molar refractivity (Wildman–Crippen MR) is 75.1 cm³/mol. The Morgan fingerprint density at radius 2 is 2.32 bits per heavy atom. The van der Waals surface area contributed by atoms with Crippen LogP contribution in [0.25, 0.3) is 0 Å². The van der Waals surface area contributed by atoms with Gasteiger partial charge >= 0.3 is 0 Å². The van der Waals surface area contributed by atoms with Gasteiger partial charge in [-0.2, -0.15) is 0 Å². The molecule has 0 saturated heterocycles. The number of nitrogens with two attached hydrogens (primary N) is 1. The standard InChI is InChI=1S/C15H22N2O2/c1-3-17(2)15(18)10-19-12-8-7-11-5-4-6-14(16)13(11)9-12/h7-9,14H,3-6,10,16H2,1-2H3. The van der Waals surface area contributed by atoms with Crippen molar-refractivity contribution in [3.8, 4) is 5.75 Å². The maximum atomic E-state index is 11.7. The lowest BCUT2D eigenvalue weighted by Gasteiger charge is -2.23. The van der Waals surface area contributed by atoms with Gasteiger partial charge in [-0.15, -0.1) is 0 Å². The van der Waals surface area contributed by atoms with Gasteiger partial charge in [-0.3, -0.25) is 4.79 Å².